The molecule has 30 heavy (non-hydrogen) atoms. The molecule has 156 valence electrons. The zero-order valence-electron chi connectivity index (χ0n) is 15.5. The number of alkyl halides is 3. The number of hydrogen-bond acceptors (Lipinski definition) is 6. The van der Waals surface area contributed by atoms with Crippen molar-refractivity contribution >= 4 is 17.5 Å². The Kier molecular flexibility index (Phi) is 5.74. The van der Waals surface area contributed by atoms with E-state index < -0.39 is 23.7 Å². The molecule has 10 heteroatoms. The van der Waals surface area contributed by atoms with Gasteiger partial charge in [-0.25, -0.2) is 4.98 Å². The summed E-state index contributed by atoms with van der Waals surface area (Å²) in [5, 5.41) is 3.51. The van der Waals surface area contributed by atoms with Gasteiger partial charge in [0.1, 0.15) is 11.7 Å². The fourth-order valence-corrected chi connectivity index (χ4v) is 2.87. The maximum absolute atomic E-state index is 13.2. The molecule has 1 saturated heterocycles. The Labute approximate surface area is 175 Å². The van der Waals surface area contributed by atoms with Gasteiger partial charge >= 0.3 is 6.18 Å². The summed E-state index contributed by atoms with van der Waals surface area (Å²) in [7, 11) is 0. The SMILES string of the molecule is FC(F)(F)c1cnc(NCc2ccc(-c3cc(Cl)ccn3)cc2)nc1OC1COC1. The second kappa shape index (κ2) is 8.45. The smallest absolute Gasteiger partial charge is 0.423 e. The van der Waals surface area contributed by atoms with E-state index in [-0.39, 0.29) is 19.2 Å². The minimum Gasteiger partial charge on any atom is -0.469 e. The van der Waals surface area contributed by atoms with Gasteiger partial charge in [-0.3, -0.25) is 4.98 Å². The molecule has 0 atom stereocenters. The molecule has 3 aromatic rings. The summed E-state index contributed by atoms with van der Waals surface area (Å²) in [4.78, 5) is 11.9. The zero-order chi connectivity index (χ0) is 21.1. The number of anilines is 1. The van der Waals surface area contributed by atoms with E-state index in [4.69, 9.17) is 21.1 Å². The number of pyridine rings is 1. The van der Waals surface area contributed by atoms with E-state index in [0.29, 0.717) is 11.6 Å². The average molecular weight is 437 g/mol. The van der Waals surface area contributed by atoms with Crippen molar-refractivity contribution in [1.82, 2.24) is 15.0 Å². The molecule has 0 bridgehead atoms. The normalized spacial score (nSPS) is 14.3. The summed E-state index contributed by atoms with van der Waals surface area (Å²) in [6.45, 7) is 0.788. The Morgan fingerprint density at radius 3 is 2.53 bits per heavy atom. The van der Waals surface area contributed by atoms with Crippen LogP contribution in [0, 0.1) is 0 Å². The number of benzene rings is 1. The van der Waals surface area contributed by atoms with Gasteiger partial charge in [0, 0.05) is 29.5 Å². The number of hydrogen-bond donors (Lipinski definition) is 1. The van der Waals surface area contributed by atoms with Crippen LogP contribution >= 0.6 is 11.6 Å². The summed E-state index contributed by atoms with van der Waals surface area (Å²) < 4.78 is 49.8. The van der Waals surface area contributed by atoms with Crippen LogP contribution in [0.4, 0.5) is 19.1 Å². The van der Waals surface area contributed by atoms with Crippen molar-refractivity contribution in [2.24, 2.45) is 0 Å². The predicted octanol–water partition coefficient (Wildman–Crippen LogP) is 4.60. The van der Waals surface area contributed by atoms with Crippen molar-refractivity contribution in [1.29, 1.82) is 0 Å². The molecule has 1 aliphatic heterocycles. The van der Waals surface area contributed by atoms with E-state index in [1.807, 2.05) is 24.3 Å². The lowest BCUT2D eigenvalue weighted by Crippen LogP contribution is -2.39. The van der Waals surface area contributed by atoms with Crippen molar-refractivity contribution in [2.45, 2.75) is 18.8 Å². The van der Waals surface area contributed by atoms with Gasteiger partial charge in [-0.15, -0.1) is 0 Å². The van der Waals surface area contributed by atoms with Crippen LogP contribution in [-0.2, 0) is 17.5 Å². The Morgan fingerprint density at radius 2 is 1.90 bits per heavy atom. The number of nitrogens with zero attached hydrogens (tertiary/aromatic N) is 3. The monoisotopic (exact) mass is 436 g/mol. The van der Waals surface area contributed by atoms with Crippen LogP contribution in [0.15, 0.2) is 48.8 Å². The van der Waals surface area contributed by atoms with Crippen LogP contribution in [0.3, 0.4) is 0 Å². The number of nitrogens with one attached hydrogen (secondary N) is 1. The van der Waals surface area contributed by atoms with Gasteiger partial charge in [0.05, 0.1) is 18.9 Å². The van der Waals surface area contributed by atoms with Crippen LogP contribution in [0.5, 0.6) is 5.88 Å². The van der Waals surface area contributed by atoms with E-state index >= 15 is 0 Å². The first kappa shape index (κ1) is 20.4. The second-order valence-electron chi connectivity index (χ2n) is 6.60. The Morgan fingerprint density at radius 1 is 1.13 bits per heavy atom. The van der Waals surface area contributed by atoms with Gasteiger partial charge < -0.3 is 14.8 Å². The Balaban J connectivity index is 1.45. The molecule has 6 nitrogen and oxygen atoms in total. The lowest BCUT2D eigenvalue weighted by atomic mass is 10.1. The van der Waals surface area contributed by atoms with Crippen molar-refractivity contribution in [3.05, 3.63) is 64.9 Å². The molecule has 0 spiro atoms. The van der Waals surface area contributed by atoms with Crippen LogP contribution in [-0.4, -0.2) is 34.3 Å². The minimum atomic E-state index is -4.61. The van der Waals surface area contributed by atoms with Crippen LogP contribution in [0.2, 0.25) is 5.02 Å². The molecule has 4 rings (SSSR count). The second-order valence-corrected chi connectivity index (χ2v) is 7.03. The van der Waals surface area contributed by atoms with Gasteiger partial charge in [-0.05, 0) is 17.7 Å². The molecule has 3 heterocycles. The van der Waals surface area contributed by atoms with E-state index in [1.54, 1.807) is 18.3 Å². The standard InChI is InChI=1S/C20H16ClF3N4O2/c21-14-5-6-25-17(7-14)13-3-1-12(2-4-13)8-26-19-27-9-16(20(22,23)24)18(28-19)30-15-10-29-11-15/h1-7,9,15H,8,10-11H2,(H,26,27,28). The lowest BCUT2D eigenvalue weighted by Gasteiger charge is -2.27. The fourth-order valence-electron chi connectivity index (χ4n) is 2.71. The maximum atomic E-state index is 13.2. The summed E-state index contributed by atoms with van der Waals surface area (Å²) in [6, 6.07) is 11.0. The van der Waals surface area contributed by atoms with E-state index in [0.717, 1.165) is 23.0 Å². The highest BCUT2D eigenvalue weighted by molar-refractivity contribution is 6.30. The molecule has 1 aliphatic rings. The lowest BCUT2D eigenvalue weighted by molar-refractivity contribution is -0.142. The quantitative estimate of drug-likeness (QED) is 0.609. The van der Waals surface area contributed by atoms with Gasteiger partial charge in [-0.2, -0.15) is 18.2 Å². The number of ether oxygens (including phenoxy) is 2. The molecule has 0 unspecified atom stereocenters. The number of halogens is 4. The number of rotatable bonds is 6. The van der Waals surface area contributed by atoms with Crippen molar-refractivity contribution in [3.63, 3.8) is 0 Å². The highest BCUT2D eigenvalue weighted by Crippen LogP contribution is 2.36. The van der Waals surface area contributed by atoms with E-state index in [1.165, 1.54) is 0 Å². The van der Waals surface area contributed by atoms with E-state index in [9.17, 15) is 13.2 Å². The van der Waals surface area contributed by atoms with Gasteiger partial charge in [0.2, 0.25) is 11.8 Å². The predicted molar refractivity (Wildman–Crippen MR) is 104 cm³/mol. The summed E-state index contributed by atoms with van der Waals surface area (Å²) in [6.07, 6.45) is -2.70. The molecular formula is C20H16ClF3N4O2. The third-order valence-corrected chi connectivity index (χ3v) is 4.60. The number of aromatic nitrogens is 3. The topological polar surface area (TPSA) is 69.2 Å². The molecule has 1 N–H and O–H groups in total. The Bertz CT molecular complexity index is 1030. The van der Waals surface area contributed by atoms with Crippen molar-refractivity contribution < 1.29 is 22.6 Å². The maximum Gasteiger partial charge on any atom is 0.423 e. The zero-order valence-corrected chi connectivity index (χ0v) is 16.2. The van der Waals surface area contributed by atoms with Crippen LogP contribution < -0.4 is 10.1 Å². The molecule has 0 radical (unpaired) electrons. The molecule has 0 saturated carbocycles. The minimum absolute atomic E-state index is 0.0406. The average Bonchev–Trinajstić information content (AvgIpc) is 2.69. The third kappa shape index (κ3) is 4.80. The van der Waals surface area contributed by atoms with Crippen LogP contribution in [0.25, 0.3) is 11.3 Å². The molecule has 2 aromatic heterocycles. The summed E-state index contributed by atoms with van der Waals surface area (Å²) >= 11 is 5.99. The molecule has 1 aromatic carbocycles. The molecule has 1 fully saturated rings. The largest absolute Gasteiger partial charge is 0.469 e. The summed E-state index contributed by atoms with van der Waals surface area (Å²) in [5.74, 6) is -0.463. The first-order chi connectivity index (χ1) is 14.4. The third-order valence-electron chi connectivity index (χ3n) is 4.37. The van der Waals surface area contributed by atoms with E-state index in [2.05, 4.69) is 20.3 Å². The fraction of sp³-hybridized carbons (Fsp3) is 0.250. The van der Waals surface area contributed by atoms with Gasteiger partial charge in [0.25, 0.3) is 0 Å². The molecule has 0 aliphatic carbocycles. The van der Waals surface area contributed by atoms with Gasteiger partial charge in [0.15, 0.2) is 0 Å². The molecular weight excluding hydrogens is 421 g/mol. The summed E-state index contributed by atoms with van der Waals surface area (Å²) in [5.41, 5.74) is 1.51. The first-order valence-electron chi connectivity index (χ1n) is 9.02. The van der Waals surface area contributed by atoms with Crippen LogP contribution in [0.1, 0.15) is 11.1 Å². The van der Waals surface area contributed by atoms with Crippen molar-refractivity contribution in [3.8, 4) is 17.1 Å². The highest BCUT2D eigenvalue weighted by Gasteiger charge is 2.37. The van der Waals surface area contributed by atoms with Crippen molar-refractivity contribution in [2.75, 3.05) is 18.5 Å². The van der Waals surface area contributed by atoms with Gasteiger partial charge in [-0.1, -0.05) is 35.9 Å². The Hall–Kier alpha value is -2.91. The highest BCUT2D eigenvalue weighted by atomic mass is 35.5. The first-order valence-corrected chi connectivity index (χ1v) is 9.39. The molecule has 0 amide bonds.